The van der Waals surface area contributed by atoms with E-state index in [1.54, 1.807) is 0 Å². The summed E-state index contributed by atoms with van der Waals surface area (Å²) >= 11 is 0. The lowest BCUT2D eigenvalue weighted by molar-refractivity contribution is -0.120. The molecule has 1 unspecified atom stereocenters. The van der Waals surface area contributed by atoms with Crippen molar-refractivity contribution in [2.45, 2.75) is 39.7 Å². The summed E-state index contributed by atoms with van der Waals surface area (Å²) in [4.78, 5) is 22.5. The largest absolute Gasteiger partial charge is 0.348 e. The van der Waals surface area contributed by atoms with Crippen molar-refractivity contribution in [1.29, 1.82) is 0 Å². The van der Waals surface area contributed by atoms with Crippen molar-refractivity contribution in [3.8, 4) is 0 Å². The summed E-state index contributed by atoms with van der Waals surface area (Å²) in [5.74, 6) is -2.65. The second kappa shape index (κ2) is 9.84. The Kier molecular flexibility index (Phi) is 8.15. The van der Waals surface area contributed by atoms with Gasteiger partial charge in [-0.3, -0.25) is 4.79 Å². The number of halogens is 2. The quantitative estimate of drug-likeness (QED) is 0.557. The summed E-state index contributed by atoms with van der Waals surface area (Å²) in [5.41, 5.74) is 7.49. The first-order valence-electron chi connectivity index (χ1n) is 8.14. The van der Waals surface area contributed by atoms with Crippen molar-refractivity contribution in [1.82, 2.24) is 5.32 Å². The molecule has 0 saturated carbocycles. The molecule has 1 rings (SSSR count). The van der Waals surface area contributed by atoms with E-state index in [4.69, 9.17) is 5.73 Å². The van der Waals surface area contributed by atoms with E-state index in [2.05, 4.69) is 5.32 Å². The van der Waals surface area contributed by atoms with Crippen LogP contribution in [-0.2, 0) is 9.59 Å². The second-order valence-corrected chi connectivity index (χ2v) is 5.60. The first-order chi connectivity index (χ1) is 11.9. The maximum atomic E-state index is 14.3. The molecule has 1 aromatic carbocycles. The average molecular weight is 350 g/mol. The van der Waals surface area contributed by atoms with E-state index in [-0.39, 0.29) is 18.5 Å². The summed E-state index contributed by atoms with van der Waals surface area (Å²) in [6, 6.07) is 1.64. The molecule has 0 radical (unpaired) electrons. The smallest absolute Gasteiger partial charge is 0.234 e. The number of allylic oxidation sites excluding steroid dienone is 4. The molecule has 25 heavy (non-hydrogen) atoms. The number of benzene rings is 1. The van der Waals surface area contributed by atoms with Crippen LogP contribution in [0.2, 0.25) is 0 Å². The van der Waals surface area contributed by atoms with Gasteiger partial charge < -0.3 is 15.8 Å². The molecule has 0 spiro atoms. The van der Waals surface area contributed by atoms with E-state index in [0.717, 1.165) is 17.2 Å². The predicted molar refractivity (Wildman–Crippen MR) is 94.7 cm³/mol. The van der Waals surface area contributed by atoms with E-state index in [1.165, 1.54) is 6.07 Å². The van der Waals surface area contributed by atoms with Crippen molar-refractivity contribution in [3.05, 3.63) is 52.6 Å². The highest BCUT2D eigenvalue weighted by Crippen LogP contribution is 2.30. The fraction of sp³-hybridized carbons (Fsp3) is 0.368. The minimum absolute atomic E-state index is 0.0665. The van der Waals surface area contributed by atoms with Crippen LogP contribution in [-0.4, -0.2) is 18.7 Å². The van der Waals surface area contributed by atoms with E-state index < -0.39 is 23.6 Å². The van der Waals surface area contributed by atoms with Crippen molar-refractivity contribution in [2.75, 3.05) is 6.54 Å². The normalized spacial score (nSPS) is 13.5. The van der Waals surface area contributed by atoms with Crippen LogP contribution in [0, 0.1) is 11.6 Å². The number of hydrogen-bond donors (Lipinski definition) is 2. The predicted octanol–water partition coefficient (Wildman–Crippen LogP) is 3.43. The Morgan fingerprint density at radius 1 is 1.36 bits per heavy atom. The van der Waals surface area contributed by atoms with E-state index in [9.17, 15) is 18.4 Å². The Morgan fingerprint density at radius 3 is 2.56 bits per heavy atom. The van der Waals surface area contributed by atoms with Crippen LogP contribution in [0.25, 0.3) is 5.57 Å². The molecule has 1 atom stereocenters. The Balaban J connectivity index is 3.50. The standard InChI is InChI=1S/C19H24F2N2O2/c1-4-6-12(3)14(5-2)13-9-15(19(21)16(20)10-13)17(7-8-24)23-18(25)11-22/h4,6,8-10,17H,5,7,11,22H2,1-3H3,(H,23,25)/b6-4-,14-12+. The molecule has 0 fully saturated rings. The third-order valence-electron chi connectivity index (χ3n) is 3.88. The summed E-state index contributed by atoms with van der Waals surface area (Å²) < 4.78 is 28.5. The molecule has 1 amide bonds. The molecule has 3 N–H and O–H groups in total. The Bertz CT molecular complexity index is 697. The van der Waals surface area contributed by atoms with E-state index >= 15 is 0 Å². The lowest BCUT2D eigenvalue weighted by Crippen LogP contribution is -2.34. The van der Waals surface area contributed by atoms with Gasteiger partial charge >= 0.3 is 0 Å². The first-order valence-corrected chi connectivity index (χ1v) is 8.14. The molecular formula is C19H24F2N2O2. The van der Waals surface area contributed by atoms with Crippen LogP contribution >= 0.6 is 0 Å². The summed E-state index contributed by atoms with van der Waals surface area (Å²) in [7, 11) is 0. The summed E-state index contributed by atoms with van der Waals surface area (Å²) in [5, 5.41) is 2.46. The lowest BCUT2D eigenvalue weighted by Gasteiger charge is -2.19. The Hall–Kier alpha value is -2.34. The summed E-state index contributed by atoms with van der Waals surface area (Å²) in [6.07, 6.45) is 4.74. The Labute approximate surface area is 146 Å². The Morgan fingerprint density at radius 2 is 2.04 bits per heavy atom. The average Bonchev–Trinajstić information content (AvgIpc) is 2.58. The highest BCUT2D eigenvalue weighted by atomic mass is 19.2. The zero-order chi connectivity index (χ0) is 19.0. The van der Waals surface area contributed by atoms with Crippen LogP contribution in [0.5, 0.6) is 0 Å². The fourth-order valence-corrected chi connectivity index (χ4v) is 2.71. The number of rotatable bonds is 8. The third-order valence-corrected chi connectivity index (χ3v) is 3.88. The highest BCUT2D eigenvalue weighted by molar-refractivity contribution is 5.79. The topological polar surface area (TPSA) is 72.2 Å². The van der Waals surface area contributed by atoms with Crippen molar-refractivity contribution in [2.24, 2.45) is 5.73 Å². The molecule has 6 heteroatoms. The molecule has 0 saturated heterocycles. The number of aldehydes is 1. The van der Waals surface area contributed by atoms with Crippen molar-refractivity contribution >= 4 is 17.8 Å². The molecule has 0 aliphatic rings. The molecular weight excluding hydrogens is 326 g/mol. The monoisotopic (exact) mass is 350 g/mol. The first kappa shape index (κ1) is 20.7. The van der Waals surface area contributed by atoms with Gasteiger partial charge in [0, 0.05) is 12.0 Å². The maximum absolute atomic E-state index is 14.3. The number of carbonyl (C=O) groups excluding carboxylic acids is 2. The van der Waals surface area contributed by atoms with Crippen LogP contribution in [0.3, 0.4) is 0 Å². The number of carbonyl (C=O) groups is 2. The molecule has 1 aromatic rings. The summed E-state index contributed by atoms with van der Waals surface area (Å²) in [6.45, 7) is 5.37. The fourth-order valence-electron chi connectivity index (χ4n) is 2.71. The molecule has 0 heterocycles. The van der Waals surface area contributed by atoms with Crippen molar-refractivity contribution < 1.29 is 18.4 Å². The van der Waals surface area contributed by atoms with Crippen molar-refractivity contribution in [3.63, 3.8) is 0 Å². The molecule has 4 nitrogen and oxygen atoms in total. The van der Waals surface area contributed by atoms with E-state index in [0.29, 0.717) is 18.3 Å². The molecule has 0 aliphatic heterocycles. The lowest BCUT2D eigenvalue weighted by atomic mass is 9.93. The molecule has 0 bridgehead atoms. The van der Waals surface area contributed by atoms with Crippen LogP contribution in [0.15, 0.2) is 29.9 Å². The van der Waals surface area contributed by atoms with Crippen LogP contribution < -0.4 is 11.1 Å². The van der Waals surface area contributed by atoms with Crippen LogP contribution in [0.4, 0.5) is 8.78 Å². The number of nitrogens with one attached hydrogen (secondary N) is 1. The van der Waals surface area contributed by atoms with Gasteiger partial charge in [-0.25, -0.2) is 8.78 Å². The van der Waals surface area contributed by atoms with Gasteiger partial charge in [-0.15, -0.1) is 0 Å². The van der Waals surface area contributed by atoms with Gasteiger partial charge in [-0.1, -0.05) is 19.1 Å². The third kappa shape index (κ3) is 5.32. The number of amides is 1. The van der Waals surface area contributed by atoms with Gasteiger partial charge in [0.05, 0.1) is 12.6 Å². The molecule has 136 valence electrons. The minimum Gasteiger partial charge on any atom is -0.348 e. The number of hydrogen-bond acceptors (Lipinski definition) is 3. The van der Waals surface area contributed by atoms with Gasteiger partial charge in [0.2, 0.25) is 5.91 Å². The minimum atomic E-state index is -1.08. The van der Waals surface area contributed by atoms with Gasteiger partial charge in [-0.05, 0) is 49.1 Å². The molecule has 0 aromatic heterocycles. The highest BCUT2D eigenvalue weighted by Gasteiger charge is 2.22. The second-order valence-electron chi connectivity index (χ2n) is 5.60. The molecule has 0 aliphatic carbocycles. The van der Waals surface area contributed by atoms with E-state index in [1.807, 2.05) is 32.9 Å². The van der Waals surface area contributed by atoms with Gasteiger partial charge in [-0.2, -0.15) is 0 Å². The van der Waals surface area contributed by atoms with Crippen LogP contribution in [0.1, 0.15) is 50.8 Å². The maximum Gasteiger partial charge on any atom is 0.234 e. The zero-order valence-corrected chi connectivity index (χ0v) is 14.7. The van der Waals surface area contributed by atoms with Gasteiger partial charge in [0.1, 0.15) is 6.29 Å². The van der Waals surface area contributed by atoms with Gasteiger partial charge in [0.25, 0.3) is 0 Å². The number of nitrogens with two attached hydrogens (primary N) is 1. The zero-order valence-electron chi connectivity index (χ0n) is 14.7. The SMILES string of the molecule is C/C=C\C(C)=C(/CC)c1cc(F)c(F)c(C(CC=O)NC(=O)CN)c1. The van der Waals surface area contributed by atoms with Gasteiger partial charge in [0.15, 0.2) is 11.6 Å².